The first kappa shape index (κ1) is 16.0. The lowest BCUT2D eigenvalue weighted by Gasteiger charge is -2.14. The van der Waals surface area contributed by atoms with Gasteiger partial charge in [-0.3, -0.25) is 10.1 Å². The van der Waals surface area contributed by atoms with E-state index in [0.29, 0.717) is 0 Å². The number of thiocarbonyl (C=S) groups is 1. The van der Waals surface area contributed by atoms with Crippen LogP contribution in [-0.4, -0.2) is 17.1 Å². The molecule has 0 saturated carbocycles. The van der Waals surface area contributed by atoms with Gasteiger partial charge in [-0.25, -0.2) is 0 Å². The molecule has 0 fully saturated rings. The monoisotopic (exact) mass is 318 g/mol. The van der Waals surface area contributed by atoms with Gasteiger partial charge in [0.15, 0.2) is 10.9 Å². The normalized spacial score (nSPS) is 11.5. The summed E-state index contributed by atoms with van der Waals surface area (Å²) in [4.78, 5) is 11.8. The molecule has 2 rings (SSSR count). The lowest BCUT2D eigenvalue weighted by atomic mass is 10.3. The van der Waals surface area contributed by atoms with Crippen LogP contribution in [0.4, 0.5) is 5.69 Å². The SMILES string of the molecule is CCC(C)Oc1cccc(NC(=S)NC(=O)c2ccco2)c1. The van der Waals surface area contributed by atoms with Gasteiger partial charge in [0.05, 0.1) is 12.4 Å². The van der Waals surface area contributed by atoms with Crippen molar-refractivity contribution in [1.82, 2.24) is 5.32 Å². The van der Waals surface area contributed by atoms with E-state index in [0.717, 1.165) is 17.9 Å². The Hall–Kier alpha value is -2.34. The maximum Gasteiger partial charge on any atom is 0.293 e. The molecule has 0 spiro atoms. The summed E-state index contributed by atoms with van der Waals surface area (Å²) in [6.07, 6.45) is 2.50. The summed E-state index contributed by atoms with van der Waals surface area (Å²) in [5, 5.41) is 5.69. The minimum Gasteiger partial charge on any atom is -0.491 e. The molecule has 6 heteroatoms. The Kier molecular flexibility index (Phi) is 5.55. The van der Waals surface area contributed by atoms with Gasteiger partial charge in [-0.05, 0) is 49.8 Å². The van der Waals surface area contributed by atoms with E-state index in [-0.39, 0.29) is 17.0 Å². The molecule has 2 aromatic rings. The number of carbonyl (C=O) groups excluding carboxylic acids is 1. The zero-order chi connectivity index (χ0) is 15.9. The molecule has 1 atom stereocenters. The Balaban J connectivity index is 1.94. The zero-order valence-electron chi connectivity index (χ0n) is 12.5. The Morgan fingerprint density at radius 3 is 2.86 bits per heavy atom. The van der Waals surface area contributed by atoms with Crippen molar-refractivity contribution in [3.63, 3.8) is 0 Å². The number of amides is 1. The standard InChI is InChI=1S/C16H18N2O3S/c1-3-11(2)21-13-7-4-6-12(10-13)17-16(22)18-15(19)14-8-5-9-20-14/h4-11H,3H2,1-2H3,(H2,17,18,19,22). The highest BCUT2D eigenvalue weighted by molar-refractivity contribution is 7.80. The molecule has 5 nitrogen and oxygen atoms in total. The molecular formula is C16H18N2O3S. The molecule has 0 bridgehead atoms. The van der Waals surface area contributed by atoms with Crippen molar-refractivity contribution >= 4 is 28.9 Å². The Bertz CT molecular complexity index is 641. The summed E-state index contributed by atoms with van der Waals surface area (Å²) in [5.41, 5.74) is 0.741. The minimum atomic E-state index is -0.394. The van der Waals surface area contributed by atoms with E-state index in [1.807, 2.05) is 31.2 Å². The van der Waals surface area contributed by atoms with Crippen LogP contribution in [0.3, 0.4) is 0 Å². The van der Waals surface area contributed by atoms with E-state index in [1.165, 1.54) is 6.26 Å². The number of benzene rings is 1. The van der Waals surface area contributed by atoms with Crippen LogP contribution in [0.25, 0.3) is 0 Å². The number of furan rings is 1. The van der Waals surface area contributed by atoms with Crippen molar-refractivity contribution in [1.29, 1.82) is 0 Å². The van der Waals surface area contributed by atoms with Crippen LogP contribution in [0, 0.1) is 0 Å². The summed E-state index contributed by atoms with van der Waals surface area (Å²) in [6, 6.07) is 10.6. The molecule has 1 aromatic carbocycles. The molecule has 1 unspecified atom stereocenters. The Morgan fingerprint density at radius 1 is 1.36 bits per heavy atom. The van der Waals surface area contributed by atoms with Crippen LogP contribution < -0.4 is 15.4 Å². The van der Waals surface area contributed by atoms with Crippen LogP contribution in [0.2, 0.25) is 0 Å². The van der Waals surface area contributed by atoms with Crippen LogP contribution >= 0.6 is 12.2 Å². The van der Waals surface area contributed by atoms with Crippen molar-refractivity contribution in [3.8, 4) is 5.75 Å². The first-order valence-corrected chi connectivity index (χ1v) is 7.42. The average molecular weight is 318 g/mol. The van der Waals surface area contributed by atoms with Crippen LogP contribution in [0.5, 0.6) is 5.75 Å². The fourth-order valence-corrected chi connectivity index (χ4v) is 1.91. The van der Waals surface area contributed by atoms with Crippen LogP contribution in [0.1, 0.15) is 30.8 Å². The Labute approximate surface area is 134 Å². The first-order chi connectivity index (χ1) is 10.6. The lowest BCUT2D eigenvalue weighted by molar-refractivity contribution is 0.0950. The second-order valence-electron chi connectivity index (χ2n) is 4.75. The number of carbonyl (C=O) groups is 1. The van der Waals surface area contributed by atoms with Gasteiger partial charge in [-0.1, -0.05) is 13.0 Å². The summed E-state index contributed by atoms with van der Waals surface area (Å²) < 4.78 is 10.7. The molecule has 1 aromatic heterocycles. The fourth-order valence-electron chi connectivity index (χ4n) is 1.70. The summed E-state index contributed by atoms with van der Waals surface area (Å²) in [5.74, 6) is 0.562. The molecular weight excluding hydrogens is 300 g/mol. The van der Waals surface area contributed by atoms with Crippen molar-refractivity contribution in [2.24, 2.45) is 0 Å². The second-order valence-corrected chi connectivity index (χ2v) is 5.16. The number of ether oxygens (including phenoxy) is 1. The van der Waals surface area contributed by atoms with Gasteiger partial charge in [0.1, 0.15) is 5.75 Å². The summed E-state index contributed by atoms with van der Waals surface area (Å²) in [6.45, 7) is 4.07. The van der Waals surface area contributed by atoms with Gasteiger partial charge in [0.25, 0.3) is 5.91 Å². The van der Waals surface area contributed by atoms with Crippen molar-refractivity contribution in [2.45, 2.75) is 26.4 Å². The smallest absolute Gasteiger partial charge is 0.293 e. The number of anilines is 1. The zero-order valence-corrected chi connectivity index (χ0v) is 13.3. The van der Waals surface area contributed by atoms with E-state index in [1.54, 1.807) is 12.1 Å². The highest BCUT2D eigenvalue weighted by Crippen LogP contribution is 2.19. The van der Waals surface area contributed by atoms with E-state index >= 15 is 0 Å². The first-order valence-electron chi connectivity index (χ1n) is 7.01. The van der Waals surface area contributed by atoms with Crippen molar-refractivity contribution in [2.75, 3.05) is 5.32 Å². The number of nitrogens with one attached hydrogen (secondary N) is 2. The van der Waals surface area contributed by atoms with Gasteiger partial charge >= 0.3 is 0 Å². The molecule has 1 amide bonds. The number of rotatable bonds is 5. The molecule has 0 saturated heterocycles. The number of hydrogen-bond donors (Lipinski definition) is 2. The maximum atomic E-state index is 11.8. The highest BCUT2D eigenvalue weighted by atomic mass is 32.1. The van der Waals surface area contributed by atoms with Gasteiger partial charge in [-0.15, -0.1) is 0 Å². The van der Waals surface area contributed by atoms with E-state index in [4.69, 9.17) is 21.4 Å². The third-order valence-corrected chi connectivity index (χ3v) is 3.18. The number of hydrogen-bond acceptors (Lipinski definition) is 4. The molecule has 0 aliphatic carbocycles. The second kappa shape index (κ2) is 7.61. The third kappa shape index (κ3) is 4.60. The van der Waals surface area contributed by atoms with E-state index < -0.39 is 5.91 Å². The average Bonchev–Trinajstić information content (AvgIpc) is 3.01. The van der Waals surface area contributed by atoms with Gasteiger partial charge in [0, 0.05) is 11.8 Å². The van der Waals surface area contributed by atoms with Gasteiger partial charge < -0.3 is 14.5 Å². The van der Waals surface area contributed by atoms with Gasteiger partial charge in [0.2, 0.25) is 0 Å². The molecule has 22 heavy (non-hydrogen) atoms. The molecule has 0 radical (unpaired) electrons. The molecule has 0 aliphatic heterocycles. The van der Waals surface area contributed by atoms with Crippen LogP contribution in [0.15, 0.2) is 47.1 Å². The fraction of sp³-hybridized carbons (Fsp3) is 0.250. The summed E-state index contributed by atoms with van der Waals surface area (Å²) >= 11 is 5.11. The van der Waals surface area contributed by atoms with Crippen molar-refractivity contribution < 1.29 is 13.9 Å². The molecule has 2 N–H and O–H groups in total. The lowest BCUT2D eigenvalue weighted by Crippen LogP contribution is -2.33. The predicted molar refractivity (Wildman–Crippen MR) is 89.2 cm³/mol. The molecule has 1 heterocycles. The van der Waals surface area contributed by atoms with Crippen LogP contribution in [-0.2, 0) is 0 Å². The highest BCUT2D eigenvalue weighted by Gasteiger charge is 2.10. The van der Waals surface area contributed by atoms with E-state index in [9.17, 15) is 4.79 Å². The van der Waals surface area contributed by atoms with Gasteiger partial charge in [-0.2, -0.15) is 0 Å². The third-order valence-electron chi connectivity index (χ3n) is 2.98. The maximum absolute atomic E-state index is 11.8. The van der Waals surface area contributed by atoms with E-state index in [2.05, 4.69) is 17.6 Å². The van der Waals surface area contributed by atoms with Crippen molar-refractivity contribution in [3.05, 3.63) is 48.4 Å². The topological polar surface area (TPSA) is 63.5 Å². The molecule has 116 valence electrons. The quantitative estimate of drug-likeness (QED) is 0.825. The molecule has 0 aliphatic rings. The minimum absolute atomic E-state index is 0.140. The summed E-state index contributed by atoms with van der Waals surface area (Å²) in [7, 11) is 0. The largest absolute Gasteiger partial charge is 0.491 e. The predicted octanol–water partition coefficient (Wildman–Crippen LogP) is 3.58. The Morgan fingerprint density at radius 2 is 2.18 bits per heavy atom.